The van der Waals surface area contributed by atoms with E-state index in [1.165, 1.54) is 4.90 Å². The van der Waals surface area contributed by atoms with Gasteiger partial charge < -0.3 is 9.80 Å². The smallest absolute Gasteiger partial charge is 0.272 e. The first kappa shape index (κ1) is 14.0. The Morgan fingerprint density at radius 3 is 3.05 bits per heavy atom. The monoisotopic (exact) mass is 312 g/mol. The molecule has 3 rings (SSSR count). The maximum Gasteiger partial charge on any atom is 0.272 e. The van der Waals surface area contributed by atoms with Crippen LogP contribution in [0, 0.1) is 0 Å². The minimum Gasteiger partial charge on any atom is -0.347 e. The summed E-state index contributed by atoms with van der Waals surface area (Å²) in [6.07, 6.45) is 5.04. The number of alkyl halides is 2. The van der Waals surface area contributed by atoms with Crippen LogP contribution >= 0.6 is 11.6 Å². The van der Waals surface area contributed by atoms with Crippen molar-refractivity contribution in [1.82, 2.24) is 24.5 Å². The third kappa shape index (κ3) is 2.51. The molecule has 3 heterocycles. The van der Waals surface area contributed by atoms with E-state index in [0.717, 1.165) is 0 Å². The average Bonchev–Trinajstić information content (AvgIpc) is 2.94. The molecule has 2 atom stereocenters. The van der Waals surface area contributed by atoms with Gasteiger partial charge in [-0.25, -0.2) is 9.37 Å². The van der Waals surface area contributed by atoms with Gasteiger partial charge in [0.1, 0.15) is 6.33 Å². The SMILES string of the molecule is CC1CN(C(=O)C(F)Cl)CCN1c1nccn2cnnc12. The van der Waals surface area contributed by atoms with Crippen LogP contribution in [0.5, 0.6) is 0 Å². The van der Waals surface area contributed by atoms with E-state index in [4.69, 9.17) is 11.6 Å². The molecule has 9 heteroatoms. The number of hydrogen-bond donors (Lipinski definition) is 0. The Balaban J connectivity index is 1.83. The zero-order valence-electron chi connectivity index (χ0n) is 11.4. The Labute approximate surface area is 125 Å². The summed E-state index contributed by atoms with van der Waals surface area (Å²) in [5, 5.41) is 7.92. The lowest BCUT2D eigenvalue weighted by molar-refractivity contribution is -0.134. The summed E-state index contributed by atoms with van der Waals surface area (Å²) in [6, 6.07) is -0.0199. The molecular formula is C12H14ClFN6O. The van der Waals surface area contributed by atoms with E-state index >= 15 is 0 Å². The topological polar surface area (TPSA) is 66.6 Å². The van der Waals surface area contributed by atoms with Gasteiger partial charge in [-0.3, -0.25) is 9.20 Å². The van der Waals surface area contributed by atoms with Crippen LogP contribution in [0.2, 0.25) is 0 Å². The van der Waals surface area contributed by atoms with Crippen LogP contribution in [0.3, 0.4) is 0 Å². The van der Waals surface area contributed by atoms with E-state index in [0.29, 0.717) is 31.1 Å². The number of carbonyl (C=O) groups is 1. The maximum absolute atomic E-state index is 12.9. The van der Waals surface area contributed by atoms with Crippen LogP contribution in [-0.4, -0.2) is 61.7 Å². The van der Waals surface area contributed by atoms with Crippen LogP contribution in [0.1, 0.15) is 6.92 Å². The minimum atomic E-state index is -1.98. The van der Waals surface area contributed by atoms with Crippen molar-refractivity contribution in [2.45, 2.75) is 18.6 Å². The summed E-state index contributed by atoms with van der Waals surface area (Å²) >= 11 is 5.22. The average molecular weight is 313 g/mol. The van der Waals surface area contributed by atoms with E-state index < -0.39 is 11.5 Å². The van der Waals surface area contributed by atoms with Crippen molar-refractivity contribution in [1.29, 1.82) is 0 Å². The van der Waals surface area contributed by atoms with Crippen LogP contribution in [-0.2, 0) is 4.79 Å². The number of piperazine rings is 1. The molecule has 0 bridgehead atoms. The molecule has 1 aliphatic rings. The number of amides is 1. The molecule has 112 valence electrons. The predicted octanol–water partition coefficient (Wildman–Crippen LogP) is 0.696. The maximum atomic E-state index is 12.9. The van der Waals surface area contributed by atoms with Crippen molar-refractivity contribution in [3.63, 3.8) is 0 Å². The Bertz CT molecular complexity index is 662. The van der Waals surface area contributed by atoms with Crippen molar-refractivity contribution in [2.75, 3.05) is 24.5 Å². The highest BCUT2D eigenvalue weighted by atomic mass is 35.5. The summed E-state index contributed by atoms with van der Waals surface area (Å²) in [5.74, 6) is 0.0223. The van der Waals surface area contributed by atoms with Gasteiger partial charge >= 0.3 is 0 Å². The summed E-state index contributed by atoms with van der Waals surface area (Å²) in [4.78, 5) is 19.4. The molecule has 21 heavy (non-hydrogen) atoms. The number of nitrogens with zero attached hydrogens (tertiary/aromatic N) is 6. The standard InChI is InChI=1S/C12H14ClFN6O/c1-8-6-18(12(21)9(13)14)4-5-20(8)10-11-17-16-7-19(11)3-2-15-10/h2-3,7-9H,4-6H2,1H3. The van der Waals surface area contributed by atoms with E-state index in [2.05, 4.69) is 15.2 Å². The quantitative estimate of drug-likeness (QED) is 0.764. The minimum absolute atomic E-state index is 0.0199. The first-order valence-electron chi connectivity index (χ1n) is 6.56. The highest BCUT2D eigenvalue weighted by Crippen LogP contribution is 2.22. The Morgan fingerprint density at radius 2 is 2.33 bits per heavy atom. The molecular weight excluding hydrogens is 299 g/mol. The number of aromatic nitrogens is 4. The number of anilines is 1. The summed E-state index contributed by atoms with van der Waals surface area (Å²) in [6.45, 7) is 3.27. The Morgan fingerprint density at radius 1 is 1.52 bits per heavy atom. The van der Waals surface area contributed by atoms with Crippen LogP contribution in [0.25, 0.3) is 5.65 Å². The van der Waals surface area contributed by atoms with Gasteiger partial charge in [0.05, 0.1) is 0 Å². The molecule has 0 spiro atoms. The molecule has 1 saturated heterocycles. The molecule has 0 aliphatic carbocycles. The molecule has 2 unspecified atom stereocenters. The predicted molar refractivity (Wildman–Crippen MR) is 74.9 cm³/mol. The lowest BCUT2D eigenvalue weighted by Gasteiger charge is -2.40. The Kier molecular flexibility index (Phi) is 3.62. The molecule has 2 aromatic rings. The first-order chi connectivity index (χ1) is 10.1. The fraction of sp³-hybridized carbons (Fsp3) is 0.500. The van der Waals surface area contributed by atoms with Crippen molar-refractivity contribution >= 4 is 29.0 Å². The lowest BCUT2D eigenvalue weighted by Crippen LogP contribution is -2.55. The Hall–Kier alpha value is -1.96. The van der Waals surface area contributed by atoms with Crippen molar-refractivity contribution in [3.05, 3.63) is 18.7 Å². The number of fused-ring (bicyclic) bond motifs is 1. The van der Waals surface area contributed by atoms with Crippen molar-refractivity contribution < 1.29 is 9.18 Å². The summed E-state index contributed by atoms with van der Waals surface area (Å²) in [7, 11) is 0. The van der Waals surface area contributed by atoms with E-state index in [-0.39, 0.29) is 6.04 Å². The van der Waals surface area contributed by atoms with Gasteiger partial charge in [0.15, 0.2) is 5.82 Å². The molecule has 0 radical (unpaired) electrons. The molecule has 2 aromatic heterocycles. The largest absolute Gasteiger partial charge is 0.347 e. The number of hydrogen-bond acceptors (Lipinski definition) is 5. The second-order valence-corrected chi connectivity index (χ2v) is 5.32. The third-order valence-electron chi connectivity index (χ3n) is 3.60. The number of halogens is 2. The van der Waals surface area contributed by atoms with Crippen LogP contribution in [0.15, 0.2) is 18.7 Å². The first-order valence-corrected chi connectivity index (χ1v) is 6.99. The van der Waals surface area contributed by atoms with Gasteiger partial charge in [-0.05, 0) is 6.92 Å². The second kappa shape index (κ2) is 5.44. The fourth-order valence-electron chi connectivity index (χ4n) is 2.56. The normalized spacial score (nSPS) is 20.8. The molecule has 0 N–H and O–H groups in total. The fourth-order valence-corrected chi connectivity index (χ4v) is 2.70. The van der Waals surface area contributed by atoms with Gasteiger partial charge in [0, 0.05) is 38.1 Å². The van der Waals surface area contributed by atoms with Crippen LogP contribution in [0.4, 0.5) is 10.2 Å². The highest BCUT2D eigenvalue weighted by molar-refractivity contribution is 6.29. The molecule has 1 fully saturated rings. The van der Waals surface area contributed by atoms with Gasteiger partial charge in [-0.15, -0.1) is 10.2 Å². The second-order valence-electron chi connectivity index (χ2n) is 4.94. The van der Waals surface area contributed by atoms with Gasteiger partial charge in [-0.2, -0.15) is 0 Å². The van der Waals surface area contributed by atoms with E-state index in [1.54, 1.807) is 23.1 Å². The zero-order chi connectivity index (χ0) is 15.0. The zero-order valence-corrected chi connectivity index (χ0v) is 12.1. The molecule has 0 aromatic carbocycles. The number of carbonyl (C=O) groups excluding carboxylic acids is 1. The van der Waals surface area contributed by atoms with Gasteiger partial charge in [0.25, 0.3) is 11.5 Å². The highest BCUT2D eigenvalue weighted by Gasteiger charge is 2.31. The van der Waals surface area contributed by atoms with Gasteiger partial charge in [-0.1, -0.05) is 11.6 Å². The molecule has 1 amide bonds. The number of rotatable bonds is 2. The van der Waals surface area contributed by atoms with Crippen molar-refractivity contribution in [3.8, 4) is 0 Å². The van der Waals surface area contributed by atoms with E-state index in [1.807, 2.05) is 11.8 Å². The van der Waals surface area contributed by atoms with Crippen molar-refractivity contribution in [2.24, 2.45) is 0 Å². The van der Waals surface area contributed by atoms with E-state index in [9.17, 15) is 9.18 Å². The third-order valence-corrected chi connectivity index (χ3v) is 3.78. The van der Waals surface area contributed by atoms with Gasteiger partial charge in [0.2, 0.25) is 5.65 Å². The molecule has 7 nitrogen and oxygen atoms in total. The summed E-state index contributed by atoms with van der Waals surface area (Å²) in [5.41, 5.74) is -1.33. The van der Waals surface area contributed by atoms with Crippen LogP contribution < -0.4 is 4.90 Å². The lowest BCUT2D eigenvalue weighted by atomic mass is 10.2. The molecule has 1 aliphatic heterocycles. The summed E-state index contributed by atoms with van der Waals surface area (Å²) < 4.78 is 14.7. The molecule has 0 saturated carbocycles.